The van der Waals surface area contributed by atoms with Crippen LogP contribution in [-0.4, -0.2) is 58.6 Å². The first-order chi connectivity index (χ1) is 15.0. The first-order valence-corrected chi connectivity index (χ1v) is 10.5. The minimum Gasteiger partial charge on any atom is -0.495 e. The Balaban J connectivity index is 1.68. The van der Waals surface area contributed by atoms with Crippen LogP contribution in [0, 0.1) is 11.3 Å². The summed E-state index contributed by atoms with van der Waals surface area (Å²) in [6.07, 6.45) is -3.36. The molecule has 7 heteroatoms. The van der Waals surface area contributed by atoms with Crippen molar-refractivity contribution in [3.8, 4) is 11.8 Å². The van der Waals surface area contributed by atoms with Crippen molar-refractivity contribution in [2.24, 2.45) is 0 Å². The maximum absolute atomic E-state index is 10.5. The number of aliphatic hydroxyl groups is 4. The van der Waals surface area contributed by atoms with E-state index in [1.807, 2.05) is 0 Å². The number of benzene rings is 2. The molecule has 2 aromatic carbocycles. The summed E-state index contributed by atoms with van der Waals surface area (Å²) in [6.45, 7) is -0.505. The Kier molecular flexibility index (Phi) is 6.28. The van der Waals surface area contributed by atoms with Gasteiger partial charge in [0.15, 0.2) is 0 Å². The van der Waals surface area contributed by atoms with Crippen LogP contribution in [0.4, 0.5) is 0 Å². The van der Waals surface area contributed by atoms with E-state index < -0.39 is 37.1 Å². The Morgan fingerprint density at radius 3 is 2.32 bits per heavy atom. The quantitative estimate of drug-likeness (QED) is 0.554. The molecular weight excluding hydrogens is 398 g/mol. The number of aliphatic hydroxyl groups excluding tert-OH is 4. The van der Waals surface area contributed by atoms with Gasteiger partial charge in [0.25, 0.3) is 0 Å². The summed E-state index contributed by atoms with van der Waals surface area (Å²) in [6, 6.07) is 13.9. The smallest absolute Gasteiger partial charge is 0.137 e. The van der Waals surface area contributed by atoms with Crippen molar-refractivity contribution < 1.29 is 29.9 Å². The van der Waals surface area contributed by atoms with E-state index >= 15 is 0 Å². The molecule has 4 N–H and O–H groups in total. The summed E-state index contributed by atoms with van der Waals surface area (Å²) >= 11 is 0. The molecule has 5 atom stereocenters. The highest BCUT2D eigenvalue weighted by molar-refractivity contribution is 5.53. The van der Waals surface area contributed by atoms with E-state index in [2.05, 4.69) is 30.3 Å². The van der Waals surface area contributed by atoms with Crippen LogP contribution in [0.2, 0.25) is 0 Å². The zero-order chi connectivity index (χ0) is 22.1. The number of nitrogens with zero attached hydrogens (tertiary/aromatic N) is 1. The minimum atomic E-state index is -1.48. The van der Waals surface area contributed by atoms with Gasteiger partial charge in [0.1, 0.15) is 42.3 Å². The van der Waals surface area contributed by atoms with Gasteiger partial charge >= 0.3 is 0 Å². The fourth-order valence-corrected chi connectivity index (χ4v) is 4.21. The Hall–Kier alpha value is -2.47. The molecule has 0 amide bonds. The molecule has 1 aliphatic carbocycles. The summed E-state index contributed by atoms with van der Waals surface area (Å²) in [5, 5.41) is 49.9. The molecule has 2 fully saturated rings. The molecular formula is C24H27NO6. The van der Waals surface area contributed by atoms with Crippen LogP contribution in [0.3, 0.4) is 0 Å². The van der Waals surface area contributed by atoms with Gasteiger partial charge in [-0.25, -0.2) is 0 Å². The van der Waals surface area contributed by atoms with Gasteiger partial charge in [0.2, 0.25) is 0 Å². The predicted octanol–water partition coefficient (Wildman–Crippen LogP) is 1.55. The SMILES string of the molecule is COc1cc([C@@H]2O[C@H](CO)[C@@H](O)[C@H](O)[C@H]2O)cc(Cc2ccc(C3CC3)cc2)c1C#N. The zero-order valence-electron chi connectivity index (χ0n) is 17.3. The molecule has 1 heterocycles. The Bertz CT molecular complexity index is 963. The summed E-state index contributed by atoms with van der Waals surface area (Å²) in [5.74, 6) is 1.000. The molecule has 1 aliphatic heterocycles. The van der Waals surface area contributed by atoms with E-state index in [0.29, 0.717) is 34.8 Å². The van der Waals surface area contributed by atoms with Gasteiger partial charge in [-0.3, -0.25) is 0 Å². The zero-order valence-corrected chi connectivity index (χ0v) is 17.3. The highest BCUT2D eigenvalue weighted by Crippen LogP contribution is 2.40. The normalized spacial score (nSPS) is 28.2. The van der Waals surface area contributed by atoms with E-state index in [-0.39, 0.29) is 0 Å². The van der Waals surface area contributed by atoms with E-state index in [0.717, 1.165) is 5.56 Å². The fraction of sp³-hybridized carbons (Fsp3) is 0.458. The second kappa shape index (κ2) is 8.95. The average molecular weight is 425 g/mol. The van der Waals surface area contributed by atoms with Crippen LogP contribution in [0.1, 0.15) is 52.7 Å². The highest BCUT2D eigenvalue weighted by Gasteiger charge is 2.44. The van der Waals surface area contributed by atoms with Crippen molar-refractivity contribution in [3.63, 3.8) is 0 Å². The summed E-state index contributed by atoms with van der Waals surface area (Å²) in [4.78, 5) is 0. The molecule has 7 nitrogen and oxygen atoms in total. The number of methoxy groups -OCH3 is 1. The van der Waals surface area contributed by atoms with Gasteiger partial charge in [0.05, 0.1) is 19.3 Å². The average Bonchev–Trinajstić information content (AvgIpc) is 3.63. The van der Waals surface area contributed by atoms with Crippen molar-refractivity contribution in [3.05, 3.63) is 64.2 Å². The third kappa shape index (κ3) is 4.31. The molecule has 164 valence electrons. The van der Waals surface area contributed by atoms with Gasteiger partial charge in [-0.2, -0.15) is 5.26 Å². The van der Waals surface area contributed by atoms with E-state index in [1.54, 1.807) is 12.1 Å². The van der Waals surface area contributed by atoms with E-state index in [1.165, 1.54) is 25.5 Å². The monoisotopic (exact) mass is 425 g/mol. The van der Waals surface area contributed by atoms with Gasteiger partial charge in [-0.1, -0.05) is 30.3 Å². The van der Waals surface area contributed by atoms with Crippen molar-refractivity contribution >= 4 is 0 Å². The van der Waals surface area contributed by atoms with Crippen LogP contribution >= 0.6 is 0 Å². The third-order valence-corrected chi connectivity index (χ3v) is 6.18. The molecule has 0 spiro atoms. The fourth-order valence-electron chi connectivity index (χ4n) is 4.21. The predicted molar refractivity (Wildman–Crippen MR) is 112 cm³/mol. The second-order valence-electron chi connectivity index (χ2n) is 8.31. The maximum Gasteiger partial charge on any atom is 0.137 e. The lowest BCUT2D eigenvalue weighted by Crippen LogP contribution is -2.55. The first-order valence-electron chi connectivity index (χ1n) is 10.5. The molecule has 1 saturated heterocycles. The standard InChI is InChI=1S/C24H27NO6/c1-30-19-10-17(24-23(29)22(28)21(27)20(12-26)31-24)9-16(18(19)11-25)8-13-2-4-14(5-3-13)15-6-7-15/h2-5,9-10,15,20-24,26-29H,6-8,12H2,1H3/t20-,21-,22+,23-,24+/m1/s1. The van der Waals surface area contributed by atoms with Gasteiger partial charge in [-0.05, 0) is 53.5 Å². The largest absolute Gasteiger partial charge is 0.495 e. The summed E-state index contributed by atoms with van der Waals surface area (Å²) < 4.78 is 11.1. The van der Waals surface area contributed by atoms with Gasteiger partial charge < -0.3 is 29.9 Å². The van der Waals surface area contributed by atoms with Gasteiger partial charge in [-0.15, -0.1) is 0 Å². The molecule has 1 saturated carbocycles. The lowest BCUT2D eigenvalue weighted by Gasteiger charge is -2.40. The van der Waals surface area contributed by atoms with Crippen LogP contribution in [0.15, 0.2) is 36.4 Å². The topological polar surface area (TPSA) is 123 Å². The van der Waals surface area contributed by atoms with Gasteiger partial charge in [0, 0.05) is 0 Å². The number of hydrogen-bond donors (Lipinski definition) is 4. The third-order valence-electron chi connectivity index (χ3n) is 6.18. The Labute approximate surface area is 181 Å². The number of nitriles is 1. The second-order valence-corrected chi connectivity index (χ2v) is 8.31. The lowest BCUT2D eigenvalue weighted by molar-refractivity contribution is -0.231. The first kappa shape index (κ1) is 21.8. The summed E-state index contributed by atoms with van der Waals surface area (Å²) in [7, 11) is 1.46. The van der Waals surface area contributed by atoms with Crippen LogP contribution in [0.25, 0.3) is 0 Å². The molecule has 2 aromatic rings. The Morgan fingerprint density at radius 1 is 1.03 bits per heavy atom. The van der Waals surface area contributed by atoms with Crippen molar-refractivity contribution in [2.75, 3.05) is 13.7 Å². The number of rotatable bonds is 6. The highest BCUT2D eigenvalue weighted by atomic mass is 16.5. The molecule has 4 rings (SSSR count). The van der Waals surface area contributed by atoms with Crippen molar-refractivity contribution in [1.82, 2.24) is 0 Å². The molecule has 0 radical (unpaired) electrons. The molecule has 0 unspecified atom stereocenters. The van der Waals surface area contributed by atoms with E-state index in [4.69, 9.17) is 9.47 Å². The van der Waals surface area contributed by atoms with Crippen molar-refractivity contribution in [2.45, 2.75) is 55.7 Å². The van der Waals surface area contributed by atoms with Crippen molar-refractivity contribution in [1.29, 1.82) is 5.26 Å². The number of ether oxygens (including phenoxy) is 2. The molecule has 31 heavy (non-hydrogen) atoms. The molecule has 0 bridgehead atoms. The minimum absolute atomic E-state index is 0.335. The van der Waals surface area contributed by atoms with Crippen LogP contribution < -0.4 is 4.74 Å². The van der Waals surface area contributed by atoms with Crippen LogP contribution in [-0.2, 0) is 11.2 Å². The maximum atomic E-state index is 10.5. The summed E-state index contributed by atoms with van der Waals surface area (Å²) in [5.41, 5.74) is 3.96. The van der Waals surface area contributed by atoms with Crippen LogP contribution in [0.5, 0.6) is 5.75 Å². The molecule has 2 aliphatic rings. The van der Waals surface area contributed by atoms with E-state index in [9.17, 15) is 25.7 Å². The molecule has 0 aromatic heterocycles. The number of hydrogen-bond acceptors (Lipinski definition) is 7. The lowest BCUT2D eigenvalue weighted by atomic mass is 9.88. The Morgan fingerprint density at radius 2 is 1.74 bits per heavy atom.